The Morgan fingerprint density at radius 1 is 1.17 bits per heavy atom. The number of phenolic OH excluding ortho intramolecular Hbond substituents is 1. The first kappa shape index (κ1) is 16.1. The number of hydrogen-bond acceptors (Lipinski definition) is 4. The lowest BCUT2D eigenvalue weighted by atomic mass is 10.1. The summed E-state index contributed by atoms with van der Waals surface area (Å²) in [4.78, 5) is 12.0. The van der Waals surface area contributed by atoms with Crippen molar-refractivity contribution in [2.45, 2.75) is 6.42 Å². The highest BCUT2D eigenvalue weighted by atomic mass is 16.3. The smallest absolute Gasteiger partial charge is 0.267 e. The Kier molecular flexibility index (Phi) is 5.78. The maximum atomic E-state index is 12.0. The minimum absolute atomic E-state index is 0.0265. The molecule has 5 heteroatoms. The highest BCUT2D eigenvalue weighted by Crippen LogP contribution is 2.15. The van der Waals surface area contributed by atoms with E-state index < -0.39 is 5.91 Å². The minimum Gasteiger partial charge on any atom is -0.508 e. The Hall–Kier alpha value is -3.26. The molecule has 0 aliphatic rings. The molecular formula is C18H17N3O2. The van der Waals surface area contributed by atoms with Crippen molar-refractivity contribution in [1.29, 1.82) is 5.26 Å². The van der Waals surface area contributed by atoms with Gasteiger partial charge < -0.3 is 15.7 Å². The molecule has 0 spiro atoms. The van der Waals surface area contributed by atoms with E-state index in [1.807, 2.05) is 36.4 Å². The second kappa shape index (κ2) is 8.25. The number of carbonyl (C=O) groups is 1. The zero-order valence-corrected chi connectivity index (χ0v) is 12.5. The van der Waals surface area contributed by atoms with E-state index in [1.165, 1.54) is 23.9 Å². The van der Waals surface area contributed by atoms with E-state index in [9.17, 15) is 9.90 Å². The summed E-state index contributed by atoms with van der Waals surface area (Å²) in [5, 5.41) is 24.0. The van der Waals surface area contributed by atoms with Gasteiger partial charge in [-0.2, -0.15) is 5.26 Å². The van der Waals surface area contributed by atoms with E-state index in [4.69, 9.17) is 5.26 Å². The van der Waals surface area contributed by atoms with Crippen LogP contribution in [0.4, 0.5) is 5.69 Å². The van der Waals surface area contributed by atoms with Gasteiger partial charge in [-0.3, -0.25) is 4.79 Å². The first-order chi connectivity index (χ1) is 11.2. The molecule has 0 aliphatic heterocycles. The molecule has 0 saturated carbocycles. The number of nitriles is 1. The average molecular weight is 307 g/mol. The number of hydrogen-bond donors (Lipinski definition) is 3. The van der Waals surface area contributed by atoms with Gasteiger partial charge in [-0.15, -0.1) is 0 Å². The lowest BCUT2D eigenvalue weighted by Crippen LogP contribution is -2.17. The quantitative estimate of drug-likeness (QED) is 0.435. The molecule has 0 unspecified atom stereocenters. The lowest BCUT2D eigenvalue weighted by Gasteiger charge is -2.05. The van der Waals surface area contributed by atoms with Crippen molar-refractivity contribution >= 4 is 11.6 Å². The van der Waals surface area contributed by atoms with Crippen molar-refractivity contribution in [3.8, 4) is 11.8 Å². The Balaban J connectivity index is 1.88. The zero-order chi connectivity index (χ0) is 16.5. The minimum atomic E-state index is -0.523. The van der Waals surface area contributed by atoms with Gasteiger partial charge in [-0.05, 0) is 24.1 Å². The molecule has 0 heterocycles. The number of nitrogens with zero attached hydrogens (tertiary/aromatic N) is 1. The molecule has 2 aromatic rings. The molecule has 5 nitrogen and oxygen atoms in total. The van der Waals surface area contributed by atoms with Gasteiger partial charge in [0.2, 0.25) is 0 Å². The number of rotatable bonds is 6. The molecule has 1 amide bonds. The van der Waals surface area contributed by atoms with Crippen LogP contribution in [-0.2, 0) is 11.2 Å². The van der Waals surface area contributed by atoms with Crippen LogP contribution in [-0.4, -0.2) is 17.6 Å². The molecule has 0 bridgehead atoms. The highest BCUT2D eigenvalue weighted by Gasteiger charge is 2.09. The topological polar surface area (TPSA) is 85.2 Å². The van der Waals surface area contributed by atoms with Crippen molar-refractivity contribution in [3.05, 3.63) is 71.9 Å². The molecule has 23 heavy (non-hydrogen) atoms. The third kappa shape index (κ3) is 5.21. The van der Waals surface area contributed by atoms with Crippen LogP contribution in [0.2, 0.25) is 0 Å². The van der Waals surface area contributed by atoms with Gasteiger partial charge in [0.15, 0.2) is 0 Å². The van der Waals surface area contributed by atoms with Crippen molar-refractivity contribution < 1.29 is 9.90 Å². The van der Waals surface area contributed by atoms with Gasteiger partial charge >= 0.3 is 0 Å². The molecule has 116 valence electrons. The van der Waals surface area contributed by atoms with Crippen LogP contribution < -0.4 is 10.6 Å². The Bertz CT molecular complexity index is 733. The summed E-state index contributed by atoms with van der Waals surface area (Å²) in [5.41, 5.74) is 1.58. The zero-order valence-electron chi connectivity index (χ0n) is 12.5. The standard InChI is InChI=1S/C18H17N3O2/c19-12-15(13-20-10-9-14-5-2-1-3-6-14)18(23)21-16-7-4-8-17(22)11-16/h1-8,11,13,20,22H,9-10H2,(H,21,23)/b15-13-. The molecule has 0 aliphatic carbocycles. The third-order valence-electron chi connectivity index (χ3n) is 3.12. The second-order valence-corrected chi connectivity index (χ2v) is 4.86. The van der Waals surface area contributed by atoms with Crippen LogP contribution in [0.3, 0.4) is 0 Å². The van der Waals surface area contributed by atoms with E-state index >= 15 is 0 Å². The van der Waals surface area contributed by atoms with Crippen molar-refractivity contribution in [1.82, 2.24) is 5.32 Å². The van der Waals surface area contributed by atoms with Gasteiger partial charge in [0.25, 0.3) is 5.91 Å². The summed E-state index contributed by atoms with van der Waals surface area (Å²) in [5.74, 6) is -0.475. The summed E-state index contributed by atoms with van der Waals surface area (Å²) in [6.45, 7) is 0.620. The van der Waals surface area contributed by atoms with E-state index in [-0.39, 0.29) is 11.3 Å². The van der Waals surface area contributed by atoms with E-state index in [2.05, 4.69) is 10.6 Å². The van der Waals surface area contributed by atoms with E-state index in [1.54, 1.807) is 12.1 Å². The molecule has 0 saturated heterocycles. The molecule has 3 N–H and O–H groups in total. The van der Waals surface area contributed by atoms with Crippen LogP contribution in [0, 0.1) is 11.3 Å². The number of carbonyl (C=O) groups excluding carboxylic acids is 1. The monoisotopic (exact) mass is 307 g/mol. The molecule has 0 aromatic heterocycles. The number of anilines is 1. The number of benzene rings is 2. The predicted molar refractivity (Wildman–Crippen MR) is 88.6 cm³/mol. The van der Waals surface area contributed by atoms with E-state index in [0.717, 1.165) is 6.42 Å². The summed E-state index contributed by atoms with van der Waals surface area (Å²) in [6.07, 6.45) is 2.20. The fourth-order valence-corrected chi connectivity index (χ4v) is 1.97. The summed E-state index contributed by atoms with van der Waals surface area (Å²) in [7, 11) is 0. The molecule has 0 atom stereocenters. The molecule has 2 aromatic carbocycles. The molecule has 2 rings (SSSR count). The largest absolute Gasteiger partial charge is 0.508 e. The van der Waals surface area contributed by atoms with Crippen LogP contribution in [0.15, 0.2) is 66.4 Å². The van der Waals surface area contributed by atoms with Crippen molar-refractivity contribution in [2.24, 2.45) is 0 Å². The molecular weight excluding hydrogens is 290 g/mol. The summed E-state index contributed by atoms with van der Waals surface area (Å²) >= 11 is 0. The number of aromatic hydroxyl groups is 1. The highest BCUT2D eigenvalue weighted by molar-refractivity contribution is 6.06. The van der Waals surface area contributed by atoms with Crippen LogP contribution >= 0.6 is 0 Å². The Morgan fingerprint density at radius 3 is 2.65 bits per heavy atom. The van der Waals surface area contributed by atoms with E-state index in [0.29, 0.717) is 12.2 Å². The normalized spacial score (nSPS) is 10.7. The SMILES string of the molecule is N#C/C(=C/NCCc1ccccc1)C(=O)Nc1cccc(O)c1. The van der Waals surface area contributed by atoms with Gasteiger partial charge in [0, 0.05) is 24.5 Å². The predicted octanol–water partition coefficient (Wildman–Crippen LogP) is 2.57. The van der Waals surface area contributed by atoms with Crippen LogP contribution in [0.25, 0.3) is 0 Å². The maximum absolute atomic E-state index is 12.0. The van der Waals surface area contributed by atoms with Crippen LogP contribution in [0.1, 0.15) is 5.56 Å². The molecule has 0 radical (unpaired) electrons. The van der Waals surface area contributed by atoms with Crippen molar-refractivity contribution in [3.63, 3.8) is 0 Å². The Morgan fingerprint density at radius 2 is 1.96 bits per heavy atom. The summed E-state index contributed by atoms with van der Waals surface area (Å²) in [6, 6.07) is 17.9. The number of nitrogens with one attached hydrogen (secondary N) is 2. The maximum Gasteiger partial charge on any atom is 0.267 e. The van der Waals surface area contributed by atoms with Crippen LogP contribution in [0.5, 0.6) is 5.75 Å². The fraction of sp³-hybridized carbons (Fsp3) is 0.111. The second-order valence-electron chi connectivity index (χ2n) is 4.86. The van der Waals surface area contributed by atoms with Gasteiger partial charge in [0.1, 0.15) is 17.4 Å². The lowest BCUT2D eigenvalue weighted by molar-refractivity contribution is -0.112. The number of amides is 1. The average Bonchev–Trinajstić information content (AvgIpc) is 2.56. The first-order valence-corrected chi connectivity index (χ1v) is 7.17. The third-order valence-corrected chi connectivity index (χ3v) is 3.12. The number of phenols is 1. The van der Waals surface area contributed by atoms with Crippen molar-refractivity contribution in [2.75, 3.05) is 11.9 Å². The Labute approximate surface area is 134 Å². The first-order valence-electron chi connectivity index (χ1n) is 7.17. The summed E-state index contributed by atoms with van der Waals surface area (Å²) < 4.78 is 0. The molecule has 0 fully saturated rings. The fourth-order valence-electron chi connectivity index (χ4n) is 1.97. The van der Waals surface area contributed by atoms with Gasteiger partial charge in [-0.1, -0.05) is 36.4 Å². The van der Waals surface area contributed by atoms with Gasteiger partial charge in [0.05, 0.1) is 0 Å². The van der Waals surface area contributed by atoms with Gasteiger partial charge in [-0.25, -0.2) is 0 Å².